The summed E-state index contributed by atoms with van der Waals surface area (Å²) < 4.78 is 11.0. The van der Waals surface area contributed by atoms with Gasteiger partial charge in [0.1, 0.15) is 0 Å². The second-order valence-electron chi connectivity index (χ2n) is 5.43. The number of nitrogens with zero attached hydrogens (tertiary/aromatic N) is 1. The van der Waals surface area contributed by atoms with Gasteiger partial charge in [0.05, 0.1) is 25.7 Å². The van der Waals surface area contributed by atoms with Crippen molar-refractivity contribution >= 4 is 18.3 Å². The summed E-state index contributed by atoms with van der Waals surface area (Å²) in [5, 5.41) is 3.25. The number of ether oxygens (including phenoxy) is 2. The number of carbonyl (C=O) groups excluding carboxylic acids is 1. The fourth-order valence-electron chi connectivity index (χ4n) is 2.75. The smallest absolute Gasteiger partial charge is 0.224 e. The molecule has 2 aliphatic rings. The number of likely N-dealkylation sites (N-methyl/N-ethyl adjacent to an activating group) is 1. The number of rotatable bonds is 6. The Morgan fingerprint density at radius 2 is 2.25 bits per heavy atom. The van der Waals surface area contributed by atoms with Crippen LogP contribution >= 0.6 is 12.4 Å². The second kappa shape index (κ2) is 9.55. The summed E-state index contributed by atoms with van der Waals surface area (Å²) in [5.74, 6) is 0.215. The predicted molar refractivity (Wildman–Crippen MR) is 80.3 cm³/mol. The lowest BCUT2D eigenvalue weighted by Gasteiger charge is -2.32. The number of halogens is 1. The topological polar surface area (TPSA) is 50.8 Å². The van der Waals surface area contributed by atoms with Crippen molar-refractivity contribution in [3.8, 4) is 0 Å². The predicted octanol–water partition coefficient (Wildman–Crippen LogP) is 1.20. The van der Waals surface area contributed by atoms with E-state index in [0.717, 1.165) is 45.4 Å². The highest BCUT2D eigenvalue weighted by Crippen LogP contribution is 2.13. The van der Waals surface area contributed by atoms with Crippen LogP contribution in [-0.4, -0.2) is 62.9 Å². The second-order valence-corrected chi connectivity index (χ2v) is 5.43. The molecule has 1 N–H and O–H groups in total. The first kappa shape index (κ1) is 17.7. The van der Waals surface area contributed by atoms with Crippen molar-refractivity contribution in [2.45, 2.75) is 44.2 Å². The van der Waals surface area contributed by atoms with Crippen molar-refractivity contribution in [2.75, 3.05) is 40.0 Å². The molecule has 2 unspecified atom stereocenters. The highest BCUT2D eigenvalue weighted by Gasteiger charge is 2.22. The van der Waals surface area contributed by atoms with Gasteiger partial charge in [0.15, 0.2) is 0 Å². The zero-order valence-corrected chi connectivity index (χ0v) is 13.1. The molecule has 2 saturated heterocycles. The molecule has 118 valence electrons. The van der Waals surface area contributed by atoms with Crippen LogP contribution < -0.4 is 5.32 Å². The number of nitrogens with one attached hydrogen (secondary N) is 1. The molecule has 20 heavy (non-hydrogen) atoms. The molecule has 1 amide bonds. The Labute approximate surface area is 127 Å². The molecule has 6 heteroatoms. The number of carbonyl (C=O) groups is 1. The van der Waals surface area contributed by atoms with Gasteiger partial charge in [0.25, 0.3) is 0 Å². The highest BCUT2D eigenvalue weighted by atomic mass is 35.5. The molecular formula is C14H27ClN2O3. The fraction of sp³-hybridized carbons (Fsp3) is 0.929. The van der Waals surface area contributed by atoms with Crippen LogP contribution in [0, 0.1) is 0 Å². The van der Waals surface area contributed by atoms with Gasteiger partial charge in [-0.2, -0.15) is 0 Å². The summed E-state index contributed by atoms with van der Waals surface area (Å²) in [4.78, 5) is 14.0. The van der Waals surface area contributed by atoms with Crippen molar-refractivity contribution in [1.29, 1.82) is 0 Å². The van der Waals surface area contributed by atoms with Crippen molar-refractivity contribution < 1.29 is 14.3 Å². The molecule has 2 heterocycles. The van der Waals surface area contributed by atoms with Crippen LogP contribution in [0.4, 0.5) is 0 Å². The van der Waals surface area contributed by atoms with Crippen LogP contribution in [0.25, 0.3) is 0 Å². The molecule has 0 aromatic rings. The Kier molecular flexibility index (Phi) is 8.45. The van der Waals surface area contributed by atoms with Gasteiger partial charge in [-0.05, 0) is 32.7 Å². The first-order valence-corrected chi connectivity index (χ1v) is 7.44. The Morgan fingerprint density at radius 3 is 2.95 bits per heavy atom. The van der Waals surface area contributed by atoms with Crippen LogP contribution in [-0.2, 0) is 14.3 Å². The van der Waals surface area contributed by atoms with Gasteiger partial charge < -0.3 is 19.7 Å². The van der Waals surface area contributed by atoms with E-state index < -0.39 is 0 Å². The molecule has 0 spiro atoms. The Hall–Kier alpha value is -0.360. The minimum absolute atomic E-state index is 0. The molecular weight excluding hydrogens is 280 g/mol. The Morgan fingerprint density at radius 1 is 1.40 bits per heavy atom. The summed E-state index contributed by atoms with van der Waals surface area (Å²) in [6, 6.07) is 0.450. The highest BCUT2D eigenvalue weighted by molar-refractivity contribution is 5.85. The number of likely N-dealkylation sites (tertiary alicyclic amines) is 1. The molecule has 0 bridgehead atoms. The first-order valence-electron chi connectivity index (χ1n) is 7.44. The zero-order chi connectivity index (χ0) is 13.5. The Bertz CT molecular complexity index is 286. The summed E-state index contributed by atoms with van der Waals surface area (Å²) in [6.07, 6.45) is 5.21. The van der Waals surface area contributed by atoms with Crippen molar-refractivity contribution in [3.05, 3.63) is 0 Å². The first-order chi connectivity index (χ1) is 9.29. The zero-order valence-electron chi connectivity index (χ0n) is 12.3. The maximum absolute atomic E-state index is 12.0. The number of hydrogen-bond donors (Lipinski definition) is 1. The third-order valence-electron chi connectivity index (χ3n) is 3.97. The molecule has 2 fully saturated rings. The van der Waals surface area contributed by atoms with Gasteiger partial charge >= 0.3 is 0 Å². The summed E-state index contributed by atoms with van der Waals surface area (Å²) in [6.45, 7) is 3.72. The van der Waals surface area contributed by atoms with E-state index in [1.807, 2.05) is 11.9 Å². The van der Waals surface area contributed by atoms with E-state index in [4.69, 9.17) is 9.47 Å². The van der Waals surface area contributed by atoms with E-state index in [0.29, 0.717) is 25.7 Å². The van der Waals surface area contributed by atoms with Gasteiger partial charge in [-0.15, -0.1) is 12.4 Å². The molecule has 0 aromatic heterocycles. The largest absolute Gasteiger partial charge is 0.378 e. The number of amides is 1. The lowest BCUT2D eigenvalue weighted by Crippen LogP contribution is -2.47. The third-order valence-corrected chi connectivity index (χ3v) is 3.97. The maximum atomic E-state index is 12.0. The normalized spacial score (nSPS) is 26.4. The summed E-state index contributed by atoms with van der Waals surface area (Å²) in [7, 11) is 1.96. The monoisotopic (exact) mass is 306 g/mol. The Balaban J connectivity index is 0.00000200. The molecule has 2 rings (SSSR count). The lowest BCUT2D eigenvalue weighted by molar-refractivity contribution is -0.134. The third kappa shape index (κ3) is 5.56. The van der Waals surface area contributed by atoms with E-state index >= 15 is 0 Å². The van der Waals surface area contributed by atoms with Gasteiger partial charge in [-0.25, -0.2) is 0 Å². The molecule has 5 nitrogen and oxygen atoms in total. The molecule has 0 aliphatic carbocycles. The van der Waals surface area contributed by atoms with E-state index in [2.05, 4.69) is 5.32 Å². The van der Waals surface area contributed by atoms with Crippen LogP contribution in [0.15, 0.2) is 0 Å². The van der Waals surface area contributed by atoms with Crippen LogP contribution in [0.1, 0.15) is 32.1 Å². The van der Waals surface area contributed by atoms with Crippen molar-refractivity contribution in [2.24, 2.45) is 0 Å². The van der Waals surface area contributed by atoms with Crippen molar-refractivity contribution in [1.82, 2.24) is 10.2 Å². The number of hydrogen-bond acceptors (Lipinski definition) is 4. The van der Waals surface area contributed by atoms with Gasteiger partial charge in [-0.1, -0.05) is 0 Å². The molecule has 0 aromatic carbocycles. The van der Waals surface area contributed by atoms with Gasteiger partial charge in [0.2, 0.25) is 5.91 Å². The molecule has 2 aliphatic heterocycles. The van der Waals surface area contributed by atoms with E-state index in [9.17, 15) is 4.79 Å². The quantitative estimate of drug-likeness (QED) is 0.749. The van der Waals surface area contributed by atoms with E-state index in [1.165, 1.54) is 0 Å². The molecule has 0 radical (unpaired) electrons. The SMILES string of the molecule is CNC1CCCN(C(=O)CCOCC2CCCO2)C1.Cl. The van der Waals surface area contributed by atoms with Crippen LogP contribution in [0.2, 0.25) is 0 Å². The minimum atomic E-state index is 0. The molecule has 2 atom stereocenters. The average molecular weight is 307 g/mol. The van der Waals surface area contributed by atoms with Gasteiger partial charge in [-0.3, -0.25) is 4.79 Å². The van der Waals surface area contributed by atoms with Crippen molar-refractivity contribution in [3.63, 3.8) is 0 Å². The summed E-state index contributed by atoms with van der Waals surface area (Å²) in [5.41, 5.74) is 0. The molecule has 0 saturated carbocycles. The maximum Gasteiger partial charge on any atom is 0.224 e. The average Bonchev–Trinajstić information content (AvgIpc) is 2.96. The minimum Gasteiger partial charge on any atom is -0.378 e. The van der Waals surface area contributed by atoms with E-state index in [1.54, 1.807) is 0 Å². The lowest BCUT2D eigenvalue weighted by atomic mass is 10.1. The summed E-state index contributed by atoms with van der Waals surface area (Å²) >= 11 is 0. The fourth-order valence-corrected chi connectivity index (χ4v) is 2.75. The van der Waals surface area contributed by atoms with Crippen LogP contribution in [0.3, 0.4) is 0 Å². The van der Waals surface area contributed by atoms with Gasteiger partial charge in [0, 0.05) is 25.7 Å². The standard InChI is InChI=1S/C14H26N2O3.ClH/c1-15-12-4-2-7-16(10-12)14(17)6-9-18-11-13-5-3-8-19-13;/h12-13,15H,2-11H2,1H3;1H. The van der Waals surface area contributed by atoms with Crippen LogP contribution in [0.5, 0.6) is 0 Å². The number of piperidine rings is 1. The van der Waals surface area contributed by atoms with E-state index in [-0.39, 0.29) is 24.4 Å².